The van der Waals surface area contributed by atoms with E-state index in [4.69, 9.17) is 32.7 Å². The Hall–Kier alpha value is -1.46. The summed E-state index contributed by atoms with van der Waals surface area (Å²) in [5.74, 6) is 0.579. The van der Waals surface area contributed by atoms with E-state index in [0.29, 0.717) is 28.3 Å². The highest BCUT2D eigenvalue weighted by Crippen LogP contribution is 2.28. The lowest BCUT2D eigenvalue weighted by molar-refractivity contribution is 0.0492. The van der Waals surface area contributed by atoms with Crippen LogP contribution in [0.3, 0.4) is 0 Å². The fourth-order valence-corrected chi connectivity index (χ4v) is 4.34. The molecular weight excluding hydrogens is 457 g/mol. The molecule has 1 unspecified atom stereocenters. The topological polar surface area (TPSA) is 38.8 Å². The van der Waals surface area contributed by atoms with Crippen molar-refractivity contribution in [3.8, 4) is 5.75 Å². The lowest BCUT2D eigenvalue weighted by Gasteiger charge is -2.34. The molecule has 31 heavy (non-hydrogen) atoms. The minimum absolute atomic E-state index is 0. The van der Waals surface area contributed by atoms with Crippen LogP contribution in [-0.2, 0) is 17.6 Å². The normalized spacial score (nSPS) is 15.2. The first-order valence-corrected chi connectivity index (χ1v) is 11.3. The number of ether oxygens (including phenoxy) is 2. The van der Waals surface area contributed by atoms with E-state index in [0.717, 1.165) is 44.5 Å². The van der Waals surface area contributed by atoms with Gasteiger partial charge in [-0.1, -0.05) is 36.2 Å². The molecule has 0 fully saturated rings. The Morgan fingerprint density at radius 3 is 2.61 bits per heavy atom. The molecule has 0 spiro atoms. The number of likely N-dealkylation sites (N-methyl/N-ethyl adjacent to an activating group) is 1. The van der Waals surface area contributed by atoms with E-state index in [1.807, 2.05) is 0 Å². The minimum atomic E-state index is -0.361. The van der Waals surface area contributed by atoms with E-state index < -0.39 is 0 Å². The van der Waals surface area contributed by atoms with E-state index in [1.54, 1.807) is 25.3 Å². The zero-order valence-electron chi connectivity index (χ0n) is 18.0. The SMILES string of the molecule is CCN(CCCCOC(=O)c1ccc(Cl)c(Cl)c1)C1CCc2cc(OC)ccc2C1.Cl. The molecule has 0 bridgehead atoms. The number of unbranched alkanes of at least 4 members (excludes halogenated alkanes) is 1. The molecule has 3 rings (SSSR count). The molecule has 0 radical (unpaired) electrons. The molecule has 0 saturated carbocycles. The van der Waals surface area contributed by atoms with Crippen molar-refractivity contribution >= 4 is 41.6 Å². The molecule has 1 aliphatic carbocycles. The predicted molar refractivity (Wildman–Crippen MR) is 129 cm³/mol. The first-order chi connectivity index (χ1) is 14.5. The maximum Gasteiger partial charge on any atom is 0.338 e. The first-order valence-electron chi connectivity index (χ1n) is 10.5. The number of fused-ring (bicyclic) bond motifs is 1. The van der Waals surface area contributed by atoms with Crippen LogP contribution in [0.5, 0.6) is 5.75 Å². The summed E-state index contributed by atoms with van der Waals surface area (Å²) in [7, 11) is 1.72. The van der Waals surface area contributed by atoms with Crippen LogP contribution in [0.4, 0.5) is 0 Å². The van der Waals surface area contributed by atoms with Crippen molar-refractivity contribution in [3.63, 3.8) is 0 Å². The van der Waals surface area contributed by atoms with Crippen LogP contribution in [-0.4, -0.2) is 43.7 Å². The quantitative estimate of drug-likeness (QED) is 0.311. The van der Waals surface area contributed by atoms with Crippen LogP contribution < -0.4 is 4.74 Å². The fraction of sp³-hybridized carbons (Fsp3) is 0.458. The second-order valence-corrected chi connectivity index (χ2v) is 8.45. The van der Waals surface area contributed by atoms with Crippen molar-refractivity contribution in [2.24, 2.45) is 0 Å². The van der Waals surface area contributed by atoms with Gasteiger partial charge in [-0.15, -0.1) is 12.4 Å². The number of rotatable bonds is 9. The summed E-state index contributed by atoms with van der Waals surface area (Å²) in [4.78, 5) is 14.7. The second-order valence-electron chi connectivity index (χ2n) is 7.63. The number of benzene rings is 2. The number of esters is 1. The largest absolute Gasteiger partial charge is 0.497 e. The van der Waals surface area contributed by atoms with Gasteiger partial charge in [-0.2, -0.15) is 0 Å². The molecule has 1 aliphatic rings. The number of nitrogens with zero attached hydrogens (tertiary/aromatic N) is 1. The summed E-state index contributed by atoms with van der Waals surface area (Å²) >= 11 is 11.8. The summed E-state index contributed by atoms with van der Waals surface area (Å²) in [6, 6.07) is 11.8. The van der Waals surface area contributed by atoms with Gasteiger partial charge in [-0.05, 0) is 86.7 Å². The van der Waals surface area contributed by atoms with Crippen LogP contribution in [0.25, 0.3) is 0 Å². The predicted octanol–water partition coefficient (Wildman–Crippen LogP) is 6.24. The Morgan fingerprint density at radius 1 is 1.10 bits per heavy atom. The summed E-state index contributed by atoms with van der Waals surface area (Å²) in [5.41, 5.74) is 3.27. The number of methoxy groups -OCH3 is 1. The lowest BCUT2D eigenvalue weighted by atomic mass is 9.87. The average Bonchev–Trinajstić information content (AvgIpc) is 2.77. The van der Waals surface area contributed by atoms with E-state index >= 15 is 0 Å². The van der Waals surface area contributed by atoms with Crippen LogP contribution in [0, 0.1) is 0 Å². The van der Waals surface area contributed by atoms with Crippen molar-refractivity contribution in [1.29, 1.82) is 0 Å². The highest BCUT2D eigenvalue weighted by Gasteiger charge is 2.23. The molecular formula is C24H30Cl3NO3. The molecule has 1 atom stereocenters. The number of aryl methyl sites for hydroxylation is 1. The van der Waals surface area contributed by atoms with E-state index in [1.165, 1.54) is 17.5 Å². The van der Waals surface area contributed by atoms with Gasteiger partial charge in [0, 0.05) is 6.04 Å². The summed E-state index contributed by atoms with van der Waals surface area (Å²) in [6.45, 7) is 4.66. The van der Waals surface area contributed by atoms with Crippen molar-refractivity contribution in [2.45, 2.75) is 45.1 Å². The number of hydrogen-bond acceptors (Lipinski definition) is 4. The molecule has 2 aromatic carbocycles. The molecule has 7 heteroatoms. The second kappa shape index (κ2) is 12.5. The average molecular weight is 487 g/mol. The molecule has 0 saturated heterocycles. The van der Waals surface area contributed by atoms with Gasteiger partial charge in [-0.25, -0.2) is 4.79 Å². The molecule has 0 heterocycles. The monoisotopic (exact) mass is 485 g/mol. The Bertz CT molecular complexity index is 875. The lowest BCUT2D eigenvalue weighted by Crippen LogP contribution is -2.39. The number of hydrogen-bond donors (Lipinski definition) is 0. The van der Waals surface area contributed by atoms with Crippen molar-refractivity contribution < 1.29 is 14.3 Å². The highest BCUT2D eigenvalue weighted by molar-refractivity contribution is 6.42. The van der Waals surface area contributed by atoms with E-state index in [-0.39, 0.29) is 18.4 Å². The molecule has 0 amide bonds. The van der Waals surface area contributed by atoms with Crippen molar-refractivity contribution in [1.82, 2.24) is 4.90 Å². The highest BCUT2D eigenvalue weighted by atomic mass is 35.5. The van der Waals surface area contributed by atoms with E-state index in [9.17, 15) is 4.79 Å². The molecule has 4 nitrogen and oxygen atoms in total. The van der Waals surface area contributed by atoms with Gasteiger partial charge >= 0.3 is 5.97 Å². The molecule has 170 valence electrons. The van der Waals surface area contributed by atoms with Crippen molar-refractivity contribution in [2.75, 3.05) is 26.8 Å². The smallest absolute Gasteiger partial charge is 0.338 e. The maximum atomic E-state index is 12.1. The number of halogens is 3. The Morgan fingerprint density at radius 2 is 1.90 bits per heavy atom. The third-order valence-electron chi connectivity index (χ3n) is 5.77. The molecule has 0 N–H and O–H groups in total. The zero-order valence-corrected chi connectivity index (χ0v) is 20.4. The van der Waals surface area contributed by atoms with Crippen LogP contribution >= 0.6 is 35.6 Å². The molecule has 2 aromatic rings. The van der Waals surface area contributed by atoms with Crippen LogP contribution in [0.2, 0.25) is 10.0 Å². The fourth-order valence-electron chi connectivity index (χ4n) is 4.04. The Balaban J connectivity index is 0.00000341. The Kier molecular flexibility index (Phi) is 10.4. The van der Waals surface area contributed by atoms with E-state index in [2.05, 4.69) is 30.0 Å². The van der Waals surface area contributed by atoms with Gasteiger partial charge in [0.15, 0.2) is 0 Å². The van der Waals surface area contributed by atoms with Crippen LogP contribution in [0.1, 0.15) is 47.7 Å². The van der Waals surface area contributed by atoms with Gasteiger partial charge in [0.1, 0.15) is 5.75 Å². The van der Waals surface area contributed by atoms with Gasteiger partial charge in [0.25, 0.3) is 0 Å². The standard InChI is InChI=1S/C24H29Cl2NO3.ClH/c1-3-27(20-9-6-18-15-21(29-2)10-7-17(18)14-20)12-4-5-13-30-24(28)19-8-11-22(25)23(26)16-19;/h7-8,10-11,15-16,20H,3-6,9,12-14H2,1-2H3;1H. The summed E-state index contributed by atoms with van der Waals surface area (Å²) in [6.07, 6.45) is 5.17. The third kappa shape index (κ3) is 7.01. The van der Waals surface area contributed by atoms with Crippen LogP contribution in [0.15, 0.2) is 36.4 Å². The van der Waals surface area contributed by atoms with Gasteiger partial charge in [0.05, 0.1) is 29.3 Å². The number of carbonyl (C=O) groups excluding carboxylic acids is 1. The first kappa shape index (κ1) is 25.8. The molecule has 0 aliphatic heterocycles. The van der Waals surface area contributed by atoms with Gasteiger partial charge < -0.3 is 14.4 Å². The maximum absolute atomic E-state index is 12.1. The summed E-state index contributed by atoms with van der Waals surface area (Å²) in [5, 5.41) is 0.787. The minimum Gasteiger partial charge on any atom is -0.497 e. The van der Waals surface area contributed by atoms with Crippen molar-refractivity contribution in [3.05, 3.63) is 63.1 Å². The van der Waals surface area contributed by atoms with Gasteiger partial charge in [-0.3, -0.25) is 0 Å². The third-order valence-corrected chi connectivity index (χ3v) is 6.51. The summed E-state index contributed by atoms with van der Waals surface area (Å²) < 4.78 is 10.7. The van der Waals surface area contributed by atoms with Gasteiger partial charge in [0.2, 0.25) is 0 Å². The Labute approximate surface area is 201 Å². The number of carbonyl (C=O) groups is 1. The molecule has 0 aromatic heterocycles. The zero-order chi connectivity index (χ0) is 21.5.